The molecule has 1 aromatic carbocycles. The molecule has 0 unspecified atom stereocenters. The maximum Gasteiger partial charge on any atom is 0.417 e. The van der Waals surface area contributed by atoms with Crippen LogP contribution in [-0.4, -0.2) is 20.9 Å². The van der Waals surface area contributed by atoms with Crippen molar-refractivity contribution in [2.75, 3.05) is 0 Å². The highest BCUT2D eigenvalue weighted by molar-refractivity contribution is 6.01. The first-order valence-corrected chi connectivity index (χ1v) is 7.11. The monoisotopic (exact) mass is 344 g/mol. The van der Waals surface area contributed by atoms with Gasteiger partial charge < -0.3 is 5.73 Å². The molecule has 8 heteroatoms. The summed E-state index contributed by atoms with van der Waals surface area (Å²) in [7, 11) is 0. The van der Waals surface area contributed by atoms with Crippen LogP contribution in [0, 0.1) is 0 Å². The van der Waals surface area contributed by atoms with Crippen molar-refractivity contribution >= 4 is 5.91 Å². The van der Waals surface area contributed by atoms with E-state index in [1.165, 1.54) is 42.7 Å². The molecule has 0 aliphatic carbocycles. The van der Waals surface area contributed by atoms with E-state index < -0.39 is 17.6 Å². The Balaban J connectivity index is 2.43. The van der Waals surface area contributed by atoms with Gasteiger partial charge in [-0.25, -0.2) is 9.97 Å². The number of nitrogens with two attached hydrogens (primary N) is 1. The molecule has 0 bridgehead atoms. The third-order valence-electron chi connectivity index (χ3n) is 3.53. The minimum Gasteiger partial charge on any atom is -0.366 e. The zero-order chi connectivity index (χ0) is 18.0. The second-order valence-electron chi connectivity index (χ2n) is 5.08. The molecular weight excluding hydrogens is 333 g/mol. The first kappa shape index (κ1) is 16.6. The van der Waals surface area contributed by atoms with Gasteiger partial charge in [-0.1, -0.05) is 12.1 Å². The summed E-state index contributed by atoms with van der Waals surface area (Å²) in [5.74, 6) is -0.972. The Morgan fingerprint density at radius 2 is 1.76 bits per heavy atom. The van der Waals surface area contributed by atoms with Crippen molar-refractivity contribution < 1.29 is 18.0 Å². The molecule has 0 aliphatic rings. The summed E-state index contributed by atoms with van der Waals surface area (Å²) in [5.41, 5.74) is 3.55. The molecule has 0 aliphatic heterocycles. The molecule has 2 heterocycles. The topological polar surface area (TPSA) is 81.8 Å². The summed E-state index contributed by atoms with van der Waals surface area (Å²) in [6, 6.07) is 8.27. The summed E-state index contributed by atoms with van der Waals surface area (Å²) in [6.45, 7) is 0. The molecule has 3 rings (SSSR count). The highest BCUT2D eigenvalue weighted by Gasteiger charge is 2.39. The number of primary amides is 1. The maximum absolute atomic E-state index is 13.9. The summed E-state index contributed by atoms with van der Waals surface area (Å²) < 4.78 is 41.7. The lowest BCUT2D eigenvalue weighted by atomic mass is 9.91. The van der Waals surface area contributed by atoms with E-state index in [1.54, 1.807) is 6.07 Å². The third-order valence-corrected chi connectivity index (χ3v) is 3.53. The van der Waals surface area contributed by atoms with Crippen molar-refractivity contribution in [3.05, 3.63) is 66.2 Å². The smallest absolute Gasteiger partial charge is 0.366 e. The number of alkyl halides is 3. The Morgan fingerprint density at radius 3 is 2.32 bits per heavy atom. The number of benzene rings is 1. The van der Waals surface area contributed by atoms with Gasteiger partial charge in [0.05, 0.1) is 17.0 Å². The van der Waals surface area contributed by atoms with Crippen molar-refractivity contribution in [2.24, 2.45) is 5.73 Å². The molecule has 0 saturated heterocycles. The predicted octanol–water partition coefficient (Wildman–Crippen LogP) is 3.32. The molecule has 2 aromatic heterocycles. The fourth-order valence-electron chi connectivity index (χ4n) is 2.54. The number of amides is 1. The van der Waals surface area contributed by atoms with Crippen LogP contribution in [0.25, 0.3) is 22.5 Å². The zero-order valence-electron chi connectivity index (χ0n) is 12.7. The van der Waals surface area contributed by atoms with Crippen LogP contribution < -0.4 is 5.73 Å². The van der Waals surface area contributed by atoms with Crippen LogP contribution in [0.3, 0.4) is 0 Å². The molecule has 5 nitrogen and oxygen atoms in total. The molecular formula is C17H11F3N4O. The Labute approximate surface area is 140 Å². The summed E-state index contributed by atoms with van der Waals surface area (Å²) in [6.07, 6.45) is -0.918. The quantitative estimate of drug-likeness (QED) is 0.790. The average molecular weight is 344 g/mol. The van der Waals surface area contributed by atoms with Gasteiger partial charge in [-0.15, -0.1) is 0 Å². The van der Waals surface area contributed by atoms with Crippen LogP contribution in [0.15, 0.2) is 55.1 Å². The average Bonchev–Trinajstić information content (AvgIpc) is 2.61. The van der Waals surface area contributed by atoms with Gasteiger partial charge in [0.25, 0.3) is 0 Å². The molecule has 0 fully saturated rings. The van der Waals surface area contributed by atoms with Gasteiger partial charge >= 0.3 is 6.18 Å². The van der Waals surface area contributed by atoms with Gasteiger partial charge in [0.15, 0.2) is 0 Å². The van der Waals surface area contributed by atoms with Gasteiger partial charge in [-0.3, -0.25) is 9.78 Å². The van der Waals surface area contributed by atoms with E-state index in [0.29, 0.717) is 0 Å². The fraction of sp³-hybridized carbons (Fsp3) is 0.0588. The number of hydrogen-bond donors (Lipinski definition) is 1. The van der Waals surface area contributed by atoms with Gasteiger partial charge in [-0.05, 0) is 24.3 Å². The third kappa shape index (κ3) is 3.18. The van der Waals surface area contributed by atoms with Crippen LogP contribution in [0.5, 0.6) is 0 Å². The Kier molecular flexibility index (Phi) is 4.18. The Morgan fingerprint density at radius 1 is 0.960 bits per heavy atom. The van der Waals surface area contributed by atoms with Gasteiger partial charge in [0.2, 0.25) is 5.91 Å². The number of carbonyl (C=O) groups is 1. The van der Waals surface area contributed by atoms with Gasteiger partial charge in [0, 0.05) is 29.1 Å². The molecule has 126 valence electrons. The molecule has 1 amide bonds. The summed E-state index contributed by atoms with van der Waals surface area (Å²) in [5, 5.41) is 0. The van der Waals surface area contributed by atoms with E-state index in [4.69, 9.17) is 5.73 Å². The van der Waals surface area contributed by atoms with Crippen molar-refractivity contribution in [2.45, 2.75) is 6.18 Å². The van der Waals surface area contributed by atoms with Crippen molar-refractivity contribution in [3.8, 4) is 22.5 Å². The molecule has 2 N–H and O–H groups in total. The lowest BCUT2D eigenvalue weighted by Crippen LogP contribution is -2.18. The molecule has 25 heavy (non-hydrogen) atoms. The fourth-order valence-corrected chi connectivity index (χ4v) is 2.54. The lowest BCUT2D eigenvalue weighted by molar-refractivity contribution is -0.136. The summed E-state index contributed by atoms with van der Waals surface area (Å²) in [4.78, 5) is 23.3. The van der Waals surface area contributed by atoms with Crippen LogP contribution in [0.1, 0.15) is 15.9 Å². The van der Waals surface area contributed by atoms with Gasteiger partial charge in [-0.2, -0.15) is 13.2 Å². The minimum atomic E-state index is -4.75. The second kappa shape index (κ2) is 6.31. The van der Waals surface area contributed by atoms with Crippen molar-refractivity contribution in [1.29, 1.82) is 0 Å². The van der Waals surface area contributed by atoms with E-state index in [1.807, 2.05) is 0 Å². The first-order valence-electron chi connectivity index (χ1n) is 7.11. The lowest BCUT2D eigenvalue weighted by Gasteiger charge is -2.19. The number of aromatic nitrogens is 3. The minimum absolute atomic E-state index is 0.000434. The number of nitrogens with zero attached hydrogens (tertiary/aromatic N) is 3. The molecule has 0 saturated carbocycles. The standard InChI is InChI=1S/C17H11F3N4O/c18-17(19,20)15-10(12-6-8-22-9-24-12)4-5-11(16(21)25)14(15)13-3-1-2-7-23-13/h1-9H,(H2,21,25). The number of carbonyl (C=O) groups excluding carboxylic acids is 1. The van der Waals surface area contributed by atoms with E-state index in [9.17, 15) is 18.0 Å². The largest absolute Gasteiger partial charge is 0.417 e. The number of halogens is 3. The van der Waals surface area contributed by atoms with Crippen LogP contribution in [-0.2, 0) is 6.18 Å². The zero-order valence-corrected chi connectivity index (χ0v) is 12.7. The van der Waals surface area contributed by atoms with Crippen molar-refractivity contribution in [3.63, 3.8) is 0 Å². The molecule has 0 atom stereocenters. The number of rotatable bonds is 3. The van der Waals surface area contributed by atoms with Gasteiger partial charge in [0.1, 0.15) is 6.33 Å². The second-order valence-corrected chi connectivity index (χ2v) is 5.08. The Bertz CT molecular complexity index is 912. The van der Waals surface area contributed by atoms with E-state index in [2.05, 4.69) is 15.0 Å². The number of hydrogen-bond acceptors (Lipinski definition) is 4. The predicted molar refractivity (Wildman–Crippen MR) is 84.2 cm³/mol. The van der Waals surface area contributed by atoms with Crippen LogP contribution >= 0.6 is 0 Å². The normalized spacial score (nSPS) is 11.3. The summed E-state index contributed by atoms with van der Waals surface area (Å²) >= 11 is 0. The maximum atomic E-state index is 13.9. The van der Waals surface area contributed by atoms with Crippen molar-refractivity contribution in [1.82, 2.24) is 15.0 Å². The van der Waals surface area contributed by atoms with E-state index in [-0.39, 0.29) is 28.1 Å². The van der Waals surface area contributed by atoms with E-state index >= 15 is 0 Å². The SMILES string of the molecule is NC(=O)c1ccc(-c2ccncn2)c(C(F)(F)F)c1-c1ccccn1. The highest BCUT2D eigenvalue weighted by atomic mass is 19.4. The molecule has 0 radical (unpaired) electrons. The van der Waals surface area contributed by atoms with E-state index in [0.717, 1.165) is 6.33 Å². The Hall–Kier alpha value is -3.29. The molecule has 3 aromatic rings. The van der Waals surface area contributed by atoms with Crippen LogP contribution in [0.2, 0.25) is 0 Å². The highest BCUT2D eigenvalue weighted by Crippen LogP contribution is 2.43. The van der Waals surface area contributed by atoms with Crippen LogP contribution in [0.4, 0.5) is 13.2 Å². The molecule has 0 spiro atoms. The first-order chi connectivity index (χ1) is 11.9. The number of pyridine rings is 1.